The second-order valence-corrected chi connectivity index (χ2v) is 7.43. The molecule has 3 rings (SSSR count). The minimum atomic E-state index is -0.457. The maximum Gasteiger partial charge on any atom is 0.126 e. The lowest BCUT2D eigenvalue weighted by molar-refractivity contribution is -0.916. The van der Waals surface area contributed by atoms with Gasteiger partial charge in [-0.2, -0.15) is 0 Å². The topological polar surface area (TPSA) is 33.9 Å². The van der Waals surface area contributed by atoms with Crippen molar-refractivity contribution in [1.82, 2.24) is 0 Å². The van der Waals surface area contributed by atoms with Crippen LogP contribution >= 0.6 is 11.6 Å². The second kappa shape index (κ2) is 8.81. The first-order chi connectivity index (χ1) is 12.1. The number of halogens is 1. The van der Waals surface area contributed by atoms with E-state index < -0.39 is 6.10 Å². The predicted molar refractivity (Wildman–Crippen MR) is 101 cm³/mol. The SMILES string of the molecule is C[NH+](C[C@@H](O)COCc1ccc(Cl)cc1)[C@@H]1CCCc2ccccc21. The van der Waals surface area contributed by atoms with E-state index in [1.54, 1.807) is 0 Å². The molecule has 2 aromatic rings. The van der Waals surface area contributed by atoms with Gasteiger partial charge in [0, 0.05) is 17.0 Å². The summed E-state index contributed by atoms with van der Waals surface area (Å²) in [5, 5.41) is 11.1. The van der Waals surface area contributed by atoms with Gasteiger partial charge in [-0.25, -0.2) is 0 Å². The third kappa shape index (κ3) is 5.05. The van der Waals surface area contributed by atoms with Gasteiger partial charge in [0.25, 0.3) is 0 Å². The smallest absolute Gasteiger partial charge is 0.126 e. The molecule has 0 spiro atoms. The molecule has 0 aliphatic heterocycles. The maximum absolute atomic E-state index is 10.4. The number of ether oxygens (including phenoxy) is 1. The van der Waals surface area contributed by atoms with Crippen LogP contribution in [-0.4, -0.2) is 31.4 Å². The molecule has 0 fully saturated rings. The lowest BCUT2D eigenvalue weighted by Crippen LogP contribution is -3.10. The number of quaternary nitrogens is 1. The molecule has 1 aliphatic rings. The molecule has 0 heterocycles. The van der Waals surface area contributed by atoms with E-state index >= 15 is 0 Å². The van der Waals surface area contributed by atoms with Gasteiger partial charge in [-0.3, -0.25) is 0 Å². The van der Waals surface area contributed by atoms with Gasteiger partial charge in [0.1, 0.15) is 18.7 Å². The van der Waals surface area contributed by atoms with Crippen LogP contribution in [0.25, 0.3) is 0 Å². The summed E-state index contributed by atoms with van der Waals surface area (Å²) < 4.78 is 5.67. The molecule has 1 unspecified atom stereocenters. The van der Waals surface area contributed by atoms with Crippen molar-refractivity contribution in [3.63, 3.8) is 0 Å². The van der Waals surface area contributed by atoms with Gasteiger partial charge in [0.05, 0.1) is 20.3 Å². The van der Waals surface area contributed by atoms with Crippen molar-refractivity contribution in [1.29, 1.82) is 0 Å². The maximum atomic E-state index is 10.4. The fraction of sp³-hybridized carbons (Fsp3) is 0.429. The van der Waals surface area contributed by atoms with Crippen LogP contribution in [0.5, 0.6) is 0 Å². The molecule has 4 heteroatoms. The summed E-state index contributed by atoms with van der Waals surface area (Å²) in [4.78, 5) is 1.36. The van der Waals surface area contributed by atoms with Gasteiger partial charge in [-0.15, -0.1) is 0 Å². The zero-order valence-electron chi connectivity index (χ0n) is 14.7. The zero-order chi connectivity index (χ0) is 17.6. The molecule has 0 saturated carbocycles. The molecule has 0 radical (unpaired) electrons. The van der Waals surface area contributed by atoms with E-state index in [1.807, 2.05) is 24.3 Å². The molecule has 3 nitrogen and oxygen atoms in total. The molecule has 0 amide bonds. The van der Waals surface area contributed by atoms with Crippen LogP contribution < -0.4 is 4.90 Å². The molecule has 2 aromatic carbocycles. The van der Waals surface area contributed by atoms with E-state index in [-0.39, 0.29) is 0 Å². The zero-order valence-corrected chi connectivity index (χ0v) is 15.5. The molecular weight excluding hydrogens is 334 g/mol. The first-order valence-corrected chi connectivity index (χ1v) is 9.41. The normalized spacial score (nSPS) is 19.2. The largest absolute Gasteiger partial charge is 0.385 e. The summed E-state index contributed by atoms with van der Waals surface area (Å²) in [5.41, 5.74) is 3.98. The van der Waals surface area contributed by atoms with Gasteiger partial charge >= 0.3 is 0 Å². The fourth-order valence-corrected chi connectivity index (χ4v) is 3.86. The summed E-state index contributed by atoms with van der Waals surface area (Å²) in [7, 11) is 2.18. The van der Waals surface area contributed by atoms with Crippen molar-refractivity contribution in [2.75, 3.05) is 20.2 Å². The van der Waals surface area contributed by atoms with Crippen LogP contribution in [0.2, 0.25) is 5.02 Å². The second-order valence-electron chi connectivity index (χ2n) is 6.99. The minimum Gasteiger partial charge on any atom is -0.385 e. The van der Waals surface area contributed by atoms with Gasteiger partial charge in [-0.1, -0.05) is 48.0 Å². The monoisotopic (exact) mass is 360 g/mol. The van der Waals surface area contributed by atoms with Crippen molar-refractivity contribution in [2.24, 2.45) is 0 Å². The number of hydrogen-bond donors (Lipinski definition) is 2. The summed E-state index contributed by atoms with van der Waals surface area (Å²) in [6.45, 7) is 1.55. The van der Waals surface area contributed by atoms with E-state index in [1.165, 1.54) is 35.3 Å². The number of aliphatic hydroxyl groups is 1. The van der Waals surface area contributed by atoms with Crippen molar-refractivity contribution in [2.45, 2.75) is 38.0 Å². The third-order valence-corrected chi connectivity index (χ3v) is 5.27. The highest BCUT2D eigenvalue weighted by Crippen LogP contribution is 2.27. The molecule has 0 aromatic heterocycles. The van der Waals surface area contributed by atoms with Crippen molar-refractivity contribution >= 4 is 11.6 Å². The fourth-order valence-electron chi connectivity index (χ4n) is 3.73. The Morgan fingerprint density at radius 3 is 2.76 bits per heavy atom. The highest BCUT2D eigenvalue weighted by Gasteiger charge is 2.27. The molecular formula is C21H27ClNO2+. The van der Waals surface area contributed by atoms with Gasteiger partial charge in [0.2, 0.25) is 0 Å². The number of aryl methyl sites for hydroxylation is 1. The lowest BCUT2D eigenvalue weighted by Gasteiger charge is -2.31. The highest BCUT2D eigenvalue weighted by atomic mass is 35.5. The summed E-state index contributed by atoms with van der Waals surface area (Å²) in [6.07, 6.45) is 3.12. The Balaban J connectivity index is 1.48. The standard InChI is InChI=1S/C21H26ClNO2/c1-23(21-8-4-6-17-5-2-3-7-20(17)21)13-19(24)15-25-14-16-9-11-18(22)12-10-16/h2-3,5,7,9-12,19,21,24H,4,6,8,13-15H2,1H3/p+1/t19-,21-/m1/s1. The number of fused-ring (bicyclic) bond motifs is 1. The number of nitrogens with one attached hydrogen (secondary N) is 1. The summed E-state index contributed by atoms with van der Waals surface area (Å²) in [5.74, 6) is 0. The molecule has 3 atom stereocenters. The van der Waals surface area contributed by atoms with Gasteiger partial charge in [-0.05, 0) is 36.1 Å². The Bertz CT molecular complexity index is 674. The Labute approximate surface area is 155 Å². The molecule has 2 N–H and O–H groups in total. The molecule has 134 valence electrons. The Morgan fingerprint density at radius 2 is 1.96 bits per heavy atom. The first-order valence-electron chi connectivity index (χ1n) is 9.04. The van der Waals surface area contributed by atoms with Gasteiger partial charge in [0.15, 0.2) is 0 Å². The average Bonchev–Trinajstić information content (AvgIpc) is 2.63. The van der Waals surface area contributed by atoms with E-state index in [2.05, 4.69) is 31.3 Å². The number of aliphatic hydroxyl groups excluding tert-OH is 1. The Morgan fingerprint density at radius 1 is 1.20 bits per heavy atom. The third-order valence-electron chi connectivity index (χ3n) is 5.01. The number of rotatable bonds is 7. The predicted octanol–water partition coefficient (Wildman–Crippen LogP) is 2.81. The summed E-state index contributed by atoms with van der Waals surface area (Å²) in [6, 6.07) is 16.8. The molecule has 25 heavy (non-hydrogen) atoms. The lowest BCUT2D eigenvalue weighted by atomic mass is 9.87. The van der Waals surface area contributed by atoms with Crippen molar-refractivity contribution in [3.05, 3.63) is 70.2 Å². The first kappa shape index (κ1) is 18.4. The van der Waals surface area contributed by atoms with Crippen molar-refractivity contribution < 1.29 is 14.7 Å². The van der Waals surface area contributed by atoms with Crippen LogP contribution in [-0.2, 0) is 17.8 Å². The highest BCUT2D eigenvalue weighted by molar-refractivity contribution is 6.30. The number of benzene rings is 2. The van der Waals surface area contributed by atoms with Crippen LogP contribution in [0.15, 0.2) is 48.5 Å². The Kier molecular flexibility index (Phi) is 6.49. The van der Waals surface area contributed by atoms with E-state index in [4.69, 9.17) is 16.3 Å². The molecule has 1 aliphatic carbocycles. The Hall–Kier alpha value is -1.39. The van der Waals surface area contributed by atoms with Crippen LogP contribution in [0, 0.1) is 0 Å². The number of hydrogen-bond acceptors (Lipinski definition) is 2. The quantitative estimate of drug-likeness (QED) is 0.796. The molecule has 0 bridgehead atoms. The van der Waals surface area contributed by atoms with E-state index in [0.717, 1.165) is 10.6 Å². The molecule has 0 saturated heterocycles. The van der Waals surface area contributed by atoms with Crippen molar-refractivity contribution in [3.8, 4) is 0 Å². The average molecular weight is 361 g/mol. The van der Waals surface area contributed by atoms with Crippen LogP contribution in [0.1, 0.15) is 35.6 Å². The van der Waals surface area contributed by atoms with Crippen LogP contribution in [0.4, 0.5) is 0 Å². The van der Waals surface area contributed by atoms with E-state index in [0.29, 0.717) is 25.8 Å². The van der Waals surface area contributed by atoms with E-state index in [9.17, 15) is 5.11 Å². The minimum absolute atomic E-state index is 0.355. The van der Waals surface area contributed by atoms with Gasteiger partial charge < -0.3 is 14.7 Å². The number of likely N-dealkylation sites (N-methyl/N-ethyl adjacent to an activating group) is 1. The summed E-state index contributed by atoms with van der Waals surface area (Å²) >= 11 is 5.88. The van der Waals surface area contributed by atoms with Crippen LogP contribution in [0.3, 0.4) is 0 Å².